The third-order valence-electron chi connectivity index (χ3n) is 5.05. The number of nitrogens with zero attached hydrogens (tertiary/aromatic N) is 2. The summed E-state index contributed by atoms with van der Waals surface area (Å²) >= 11 is 0. The molecule has 0 spiro atoms. The van der Waals surface area contributed by atoms with Crippen LogP contribution in [0.2, 0.25) is 0 Å². The van der Waals surface area contributed by atoms with Crippen molar-refractivity contribution >= 4 is 15.9 Å². The maximum absolute atomic E-state index is 12.8. The molecule has 1 aromatic carbocycles. The van der Waals surface area contributed by atoms with Crippen molar-refractivity contribution in [2.45, 2.75) is 18.2 Å². The van der Waals surface area contributed by atoms with Crippen LogP contribution in [0.4, 0.5) is 0 Å². The predicted molar refractivity (Wildman–Crippen MR) is 97.8 cm³/mol. The average molecular weight is 383 g/mol. The summed E-state index contributed by atoms with van der Waals surface area (Å²) in [5, 5.41) is 0. The Morgan fingerprint density at radius 3 is 2.50 bits per heavy atom. The minimum atomic E-state index is -3.59. The molecule has 3 rings (SSSR count). The van der Waals surface area contributed by atoms with Crippen LogP contribution in [-0.2, 0) is 14.8 Å². The maximum atomic E-state index is 12.8. The number of sulfonamides is 1. The van der Waals surface area contributed by atoms with Crippen LogP contribution in [0.3, 0.4) is 0 Å². The lowest BCUT2D eigenvalue weighted by molar-refractivity contribution is -0.904. The number of carbonyl (C=O) groups is 1. The van der Waals surface area contributed by atoms with Crippen LogP contribution < -0.4 is 4.90 Å². The van der Waals surface area contributed by atoms with Gasteiger partial charge >= 0.3 is 0 Å². The fraction of sp³-hybridized carbons (Fsp3) is 0.611. The molecule has 8 heteroatoms. The standard InChI is InChI=1S/C18H27N3O4S/c1-2-6-19-7-9-20(10-8-19)18(22)16-4-3-5-17(15-16)26(23,24)21-11-13-25-14-12-21/h3-5,15H,2,6-14H2,1H3/p+1. The van der Waals surface area contributed by atoms with E-state index < -0.39 is 10.0 Å². The summed E-state index contributed by atoms with van der Waals surface area (Å²) in [6.45, 7) is 8.15. The summed E-state index contributed by atoms with van der Waals surface area (Å²) in [6, 6.07) is 6.43. The van der Waals surface area contributed by atoms with Crippen LogP contribution in [0.25, 0.3) is 0 Å². The Kier molecular flexibility index (Phi) is 6.29. The van der Waals surface area contributed by atoms with Gasteiger partial charge < -0.3 is 14.5 Å². The minimum Gasteiger partial charge on any atom is -0.379 e. The zero-order valence-electron chi connectivity index (χ0n) is 15.3. The van der Waals surface area contributed by atoms with E-state index in [4.69, 9.17) is 4.74 Å². The van der Waals surface area contributed by atoms with Crippen LogP contribution in [0.1, 0.15) is 23.7 Å². The van der Waals surface area contributed by atoms with E-state index in [-0.39, 0.29) is 10.8 Å². The largest absolute Gasteiger partial charge is 0.379 e. The molecule has 1 N–H and O–H groups in total. The van der Waals surface area contributed by atoms with Crippen LogP contribution in [0, 0.1) is 0 Å². The van der Waals surface area contributed by atoms with Gasteiger partial charge in [-0.3, -0.25) is 4.79 Å². The van der Waals surface area contributed by atoms with E-state index in [9.17, 15) is 13.2 Å². The van der Waals surface area contributed by atoms with Crippen LogP contribution in [0.15, 0.2) is 29.2 Å². The van der Waals surface area contributed by atoms with Crippen molar-refractivity contribution in [3.05, 3.63) is 29.8 Å². The monoisotopic (exact) mass is 382 g/mol. The SMILES string of the molecule is CCC[NH+]1CCN(C(=O)c2cccc(S(=O)(=O)N3CCOCC3)c2)CC1. The first-order valence-corrected chi connectivity index (χ1v) is 10.8. The van der Waals surface area contributed by atoms with E-state index in [1.165, 1.54) is 15.3 Å². The lowest BCUT2D eigenvalue weighted by Gasteiger charge is -2.32. The van der Waals surface area contributed by atoms with E-state index in [0.29, 0.717) is 45.0 Å². The predicted octanol–water partition coefficient (Wildman–Crippen LogP) is -0.542. The van der Waals surface area contributed by atoms with E-state index in [1.807, 2.05) is 4.90 Å². The maximum Gasteiger partial charge on any atom is 0.254 e. The summed E-state index contributed by atoms with van der Waals surface area (Å²) < 4.78 is 32.2. The van der Waals surface area contributed by atoms with Crippen molar-refractivity contribution in [1.82, 2.24) is 9.21 Å². The van der Waals surface area contributed by atoms with E-state index in [0.717, 1.165) is 26.1 Å². The number of piperazine rings is 1. The normalized spacial score (nSPS) is 20.3. The molecule has 2 aliphatic rings. The van der Waals surface area contributed by atoms with Gasteiger partial charge in [-0.15, -0.1) is 0 Å². The van der Waals surface area contributed by atoms with Crippen LogP contribution >= 0.6 is 0 Å². The Morgan fingerprint density at radius 1 is 1.15 bits per heavy atom. The van der Waals surface area contributed by atoms with Crippen LogP contribution in [-0.4, -0.2) is 82.6 Å². The van der Waals surface area contributed by atoms with Gasteiger partial charge in [-0.05, 0) is 24.6 Å². The summed E-state index contributed by atoms with van der Waals surface area (Å²) in [5.74, 6) is -0.0837. The Balaban J connectivity index is 1.72. The molecule has 0 bridgehead atoms. The first-order valence-electron chi connectivity index (χ1n) is 9.33. The summed E-state index contributed by atoms with van der Waals surface area (Å²) in [5.41, 5.74) is 0.443. The van der Waals surface area contributed by atoms with Crippen molar-refractivity contribution < 1.29 is 22.8 Å². The lowest BCUT2D eigenvalue weighted by Crippen LogP contribution is -3.14. The van der Waals surface area contributed by atoms with Gasteiger partial charge in [0.1, 0.15) is 0 Å². The third kappa shape index (κ3) is 4.25. The number of morpholine rings is 1. The minimum absolute atomic E-state index is 0.0837. The molecule has 0 saturated carbocycles. The highest BCUT2D eigenvalue weighted by molar-refractivity contribution is 7.89. The number of ether oxygens (including phenoxy) is 1. The highest BCUT2D eigenvalue weighted by Gasteiger charge is 2.28. The van der Waals surface area contributed by atoms with Crippen LogP contribution in [0.5, 0.6) is 0 Å². The van der Waals surface area contributed by atoms with Gasteiger partial charge in [0.25, 0.3) is 5.91 Å². The molecule has 2 aliphatic heterocycles. The summed E-state index contributed by atoms with van der Waals surface area (Å²) in [7, 11) is -3.59. The second-order valence-electron chi connectivity index (χ2n) is 6.84. The van der Waals surface area contributed by atoms with Gasteiger partial charge in [0.2, 0.25) is 10.0 Å². The molecule has 1 amide bonds. The molecule has 1 aromatic rings. The number of benzene rings is 1. The number of hydrogen-bond acceptors (Lipinski definition) is 4. The molecule has 26 heavy (non-hydrogen) atoms. The fourth-order valence-corrected chi connectivity index (χ4v) is 4.99. The van der Waals surface area contributed by atoms with Gasteiger partial charge in [0.15, 0.2) is 0 Å². The smallest absolute Gasteiger partial charge is 0.254 e. The second kappa shape index (κ2) is 8.47. The molecule has 0 unspecified atom stereocenters. The molecule has 0 aromatic heterocycles. The van der Waals surface area contributed by atoms with E-state index in [1.54, 1.807) is 18.2 Å². The zero-order valence-corrected chi connectivity index (χ0v) is 16.1. The molecule has 0 aliphatic carbocycles. The van der Waals surface area contributed by atoms with E-state index in [2.05, 4.69) is 6.92 Å². The average Bonchev–Trinajstić information content (AvgIpc) is 2.69. The zero-order chi connectivity index (χ0) is 18.6. The number of quaternary nitrogens is 1. The fourth-order valence-electron chi connectivity index (χ4n) is 3.54. The van der Waals surface area contributed by atoms with Gasteiger partial charge in [-0.25, -0.2) is 8.42 Å². The third-order valence-corrected chi connectivity index (χ3v) is 6.94. The van der Waals surface area contributed by atoms with Crippen molar-refractivity contribution in [1.29, 1.82) is 0 Å². The summed E-state index contributed by atoms with van der Waals surface area (Å²) in [6.07, 6.45) is 1.14. The van der Waals surface area contributed by atoms with Crippen molar-refractivity contribution in [2.75, 3.05) is 59.0 Å². The Morgan fingerprint density at radius 2 is 1.85 bits per heavy atom. The molecular formula is C18H28N3O4S+. The lowest BCUT2D eigenvalue weighted by atomic mass is 10.2. The molecule has 0 atom stereocenters. The van der Waals surface area contributed by atoms with Gasteiger partial charge in [0, 0.05) is 18.7 Å². The van der Waals surface area contributed by atoms with E-state index >= 15 is 0 Å². The van der Waals surface area contributed by atoms with Crippen molar-refractivity contribution in [2.24, 2.45) is 0 Å². The summed E-state index contributed by atoms with van der Waals surface area (Å²) in [4.78, 5) is 16.3. The highest BCUT2D eigenvalue weighted by Crippen LogP contribution is 2.19. The molecule has 2 saturated heterocycles. The molecule has 144 valence electrons. The topological polar surface area (TPSA) is 71.4 Å². The van der Waals surface area contributed by atoms with Gasteiger partial charge in [-0.2, -0.15) is 4.31 Å². The molecule has 2 fully saturated rings. The second-order valence-corrected chi connectivity index (χ2v) is 8.77. The quantitative estimate of drug-likeness (QED) is 0.742. The van der Waals surface area contributed by atoms with Crippen molar-refractivity contribution in [3.8, 4) is 0 Å². The first kappa shape index (κ1) is 19.3. The van der Waals surface area contributed by atoms with Gasteiger partial charge in [0.05, 0.1) is 50.8 Å². The molecule has 0 radical (unpaired) electrons. The van der Waals surface area contributed by atoms with Crippen molar-refractivity contribution in [3.63, 3.8) is 0 Å². The Labute approximate surface area is 155 Å². The molecule has 7 nitrogen and oxygen atoms in total. The highest BCUT2D eigenvalue weighted by atomic mass is 32.2. The van der Waals surface area contributed by atoms with Gasteiger partial charge in [-0.1, -0.05) is 13.0 Å². The molecular weight excluding hydrogens is 354 g/mol. The Hall–Kier alpha value is -1.48. The molecule has 2 heterocycles. The number of nitrogens with one attached hydrogen (secondary N) is 1. The number of hydrogen-bond donors (Lipinski definition) is 1. The number of carbonyl (C=O) groups excluding carboxylic acids is 1. The Bertz CT molecular complexity index is 724. The number of rotatable bonds is 5. The number of amides is 1. The first-order chi connectivity index (χ1) is 12.5.